The van der Waals surface area contributed by atoms with Gasteiger partial charge in [-0.15, -0.1) is 0 Å². The second-order valence-electron chi connectivity index (χ2n) is 4.89. The number of rotatable bonds is 6. The highest BCUT2D eigenvalue weighted by Gasteiger charge is 2.41. The summed E-state index contributed by atoms with van der Waals surface area (Å²) in [5.74, 6) is 2.96. The van der Waals surface area contributed by atoms with Gasteiger partial charge in [-0.05, 0) is 49.9 Å². The molecule has 0 bridgehead atoms. The maximum atomic E-state index is 11.3. The van der Waals surface area contributed by atoms with Gasteiger partial charge in [0.2, 0.25) is 5.91 Å². The molecule has 0 aromatic rings. The van der Waals surface area contributed by atoms with Gasteiger partial charge in [0.15, 0.2) is 0 Å². The van der Waals surface area contributed by atoms with E-state index in [0.717, 1.165) is 30.7 Å². The van der Waals surface area contributed by atoms with Crippen LogP contribution >= 0.6 is 0 Å². The van der Waals surface area contributed by atoms with Crippen LogP contribution in [0.1, 0.15) is 45.4 Å². The molecule has 0 unspecified atom stereocenters. The summed E-state index contributed by atoms with van der Waals surface area (Å²) < 4.78 is 0. The van der Waals surface area contributed by atoms with Crippen LogP contribution in [0, 0.1) is 17.8 Å². The molecule has 2 fully saturated rings. The molecular weight excluding hydrogens is 174 g/mol. The predicted octanol–water partition coefficient (Wildman–Crippen LogP) is 2.34. The van der Waals surface area contributed by atoms with E-state index in [1.165, 1.54) is 25.7 Å². The van der Waals surface area contributed by atoms with Crippen LogP contribution < -0.4 is 5.32 Å². The summed E-state index contributed by atoms with van der Waals surface area (Å²) in [6.07, 6.45) is 7.29. The predicted molar refractivity (Wildman–Crippen MR) is 56.9 cm³/mol. The number of hydrogen-bond donors (Lipinski definition) is 1. The lowest BCUT2D eigenvalue weighted by atomic mass is 9.98. The van der Waals surface area contributed by atoms with Crippen molar-refractivity contribution in [2.24, 2.45) is 17.8 Å². The van der Waals surface area contributed by atoms with Crippen LogP contribution in [-0.2, 0) is 4.79 Å². The van der Waals surface area contributed by atoms with E-state index in [1.807, 2.05) is 0 Å². The molecule has 2 saturated carbocycles. The normalized spacial score (nSPS) is 21.3. The van der Waals surface area contributed by atoms with E-state index in [0.29, 0.717) is 6.42 Å². The molecule has 0 aromatic heterocycles. The van der Waals surface area contributed by atoms with Gasteiger partial charge in [0.05, 0.1) is 0 Å². The first-order chi connectivity index (χ1) is 6.81. The van der Waals surface area contributed by atoms with Crippen molar-refractivity contribution < 1.29 is 4.79 Å². The lowest BCUT2D eigenvalue weighted by molar-refractivity contribution is -0.121. The molecular formula is C12H21NO. The second-order valence-corrected chi connectivity index (χ2v) is 4.89. The van der Waals surface area contributed by atoms with Crippen LogP contribution in [0.15, 0.2) is 0 Å². The van der Waals surface area contributed by atoms with E-state index in [1.54, 1.807) is 0 Å². The number of carbonyl (C=O) groups is 1. The minimum atomic E-state index is 0.249. The van der Waals surface area contributed by atoms with Crippen molar-refractivity contribution in [1.29, 1.82) is 0 Å². The highest BCUT2D eigenvalue weighted by molar-refractivity contribution is 5.75. The van der Waals surface area contributed by atoms with Crippen molar-refractivity contribution in [1.82, 2.24) is 5.32 Å². The van der Waals surface area contributed by atoms with E-state index < -0.39 is 0 Å². The maximum Gasteiger partial charge on any atom is 0.219 e. The fraction of sp³-hybridized carbons (Fsp3) is 0.917. The molecule has 0 spiro atoms. The third-order valence-corrected chi connectivity index (χ3v) is 3.47. The monoisotopic (exact) mass is 195 g/mol. The molecule has 2 rings (SSSR count). The molecule has 0 saturated heterocycles. The number of nitrogens with one attached hydrogen (secondary N) is 1. The summed E-state index contributed by atoms with van der Waals surface area (Å²) in [7, 11) is 0. The number of amides is 1. The summed E-state index contributed by atoms with van der Waals surface area (Å²) >= 11 is 0. The van der Waals surface area contributed by atoms with E-state index in [9.17, 15) is 4.79 Å². The maximum absolute atomic E-state index is 11.3. The average Bonchev–Trinajstić information content (AvgIpc) is 3.01. The summed E-state index contributed by atoms with van der Waals surface area (Å²) in [6.45, 7) is 3.01. The molecule has 0 heterocycles. The second kappa shape index (κ2) is 4.33. The Hall–Kier alpha value is -0.530. The van der Waals surface area contributed by atoms with Gasteiger partial charge in [-0.2, -0.15) is 0 Å². The average molecular weight is 195 g/mol. The Morgan fingerprint density at radius 2 is 1.86 bits per heavy atom. The van der Waals surface area contributed by atoms with Crippen molar-refractivity contribution in [2.75, 3.05) is 6.54 Å². The number of hydrogen-bond acceptors (Lipinski definition) is 1. The molecule has 0 aliphatic heterocycles. The Kier molecular flexibility index (Phi) is 3.09. The molecule has 14 heavy (non-hydrogen) atoms. The van der Waals surface area contributed by atoms with Gasteiger partial charge in [-0.25, -0.2) is 0 Å². The summed E-state index contributed by atoms with van der Waals surface area (Å²) in [6, 6.07) is 0. The van der Waals surface area contributed by atoms with Crippen LogP contribution in [0.2, 0.25) is 0 Å². The molecule has 2 aliphatic rings. The largest absolute Gasteiger partial charge is 0.356 e. The Balaban J connectivity index is 1.68. The number of carbonyl (C=O) groups excluding carboxylic acids is 1. The molecule has 2 heteroatoms. The lowest BCUT2D eigenvalue weighted by Crippen LogP contribution is -2.30. The summed E-state index contributed by atoms with van der Waals surface area (Å²) in [5, 5.41) is 3.09. The quantitative estimate of drug-likeness (QED) is 0.692. The Morgan fingerprint density at radius 3 is 2.29 bits per heavy atom. The van der Waals surface area contributed by atoms with Gasteiger partial charge < -0.3 is 5.32 Å². The minimum absolute atomic E-state index is 0.249. The van der Waals surface area contributed by atoms with Gasteiger partial charge in [0, 0.05) is 13.0 Å². The van der Waals surface area contributed by atoms with Gasteiger partial charge in [0.25, 0.3) is 0 Å². The molecule has 0 atom stereocenters. The van der Waals surface area contributed by atoms with E-state index >= 15 is 0 Å². The topological polar surface area (TPSA) is 29.1 Å². The Labute approximate surface area is 86.5 Å². The molecule has 2 nitrogen and oxygen atoms in total. The Morgan fingerprint density at radius 1 is 1.29 bits per heavy atom. The van der Waals surface area contributed by atoms with E-state index in [4.69, 9.17) is 0 Å². The summed E-state index contributed by atoms with van der Waals surface area (Å²) in [5.41, 5.74) is 0. The third kappa shape index (κ3) is 2.73. The zero-order valence-corrected chi connectivity index (χ0v) is 9.09. The van der Waals surface area contributed by atoms with Crippen LogP contribution in [0.3, 0.4) is 0 Å². The molecule has 2 aliphatic carbocycles. The third-order valence-electron chi connectivity index (χ3n) is 3.47. The standard InChI is InChI=1S/C12H21NO/c1-2-3-12(14)13-8-11(9-4-5-9)10-6-7-10/h9-11H,2-8H2,1H3,(H,13,14). The molecule has 0 aromatic carbocycles. The van der Waals surface area contributed by atoms with Gasteiger partial charge in [-0.3, -0.25) is 4.79 Å². The first-order valence-electron chi connectivity index (χ1n) is 6.08. The highest BCUT2D eigenvalue weighted by Crippen LogP contribution is 2.48. The van der Waals surface area contributed by atoms with E-state index in [2.05, 4.69) is 12.2 Å². The first kappa shape index (κ1) is 10.0. The zero-order valence-electron chi connectivity index (χ0n) is 9.09. The molecule has 1 amide bonds. The van der Waals surface area contributed by atoms with Crippen LogP contribution in [-0.4, -0.2) is 12.5 Å². The van der Waals surface area contributed by atoms with Crippen molar-refractivity contribution in [3.05, 3.63) is 0 Å². The van der Waals surface area contributed by atoms with Crippen LogP contribution in [0.4, 0.5) is 0 Å². The molecule has 1 N–H and O–H groups in total. The minimum Gasteiger partial charge on any atom is -0.356 e. The van der Waals surface area contributed by atoms with Crippen LogP contribution in [0.5, 0.6) is 0 Å². The smallest absolute Gasteiger partial charge is 0.219 e. The van der Waals surface area contributed by atoms with Crippen LogP contribution in [0.25, 0.3) is 0 Å². The van der Waals surface area contributed by atoms with Crippen molar-refractivity contribution in [3.63, 3.8) is 0 Å². The SMILES string of the molecule is CCCC(=O)NCC(C1CC1)C1CC1. The fourth-order valence-electron chi connectivity index (χ4n) is 2.31. The summed E-state index contributed by atoms with van der Waals surface area (Å²) in [4.78, 5) is 11.3. The van der Waals surface area contributed by atoms with Crippen molar-refractivity contribution >= 4 is 5.91 Å². The lowest BCUT2D eigenvalue weighted by Gasteiger charge is -2.15. The zero-order chi connectivity index (χ0) is 9.97. The van der Waals surface area contributed by atoms with Gasteiger partial charge in [0.1, 0.15) is 0 Å². The van der Waals surface area contributed by atoms with Gasteiger partial charge >= 0.3 is 0 Å². The van der Waals surface area contributed by atoms with Crippen molar-refractivity contribution in [2.45, 2.75) is 45.4 Å². The molecule has 0 radical (unpaired) electrons. The van der Waals surface area contributed by atoms with E-state index in [-0.39, 0.29) is 5.91 Å². The Bertz CT molecular complexity index is 194. The van der Waals surface area contributed by atoms with Crippen molar-refractivity contribution in [3.8, 4) is 0 Å². The first-order valence-corrected chi connectivity index (χ1v) is 6.08. The molecule has 80 valence electrons. The highest BCUT2D eigenvalue weighted by atomic mass is 16.1. The van der Waals surface area contributed by atoms with Gasteiger partial charge in [-0.1, -0.05) is 6.92 Å². The fourth-order valence-corrected chi connectivity index (χ4v) is 2.31.